The summed E-state index contributed by atoms with van der Waals surface area (Å²) in [5.74, 6) is 0.566. The van der Waals surface area contributed by atoms with Gasteiger partial charge in [0.05, 0.1) is 17.8 Å². The van der Waals surface area contributed by atoms with Crippen LogP contribution < -0.4 is 10.6 Å². The van der Waals surface area contributed by atoms with Crippen molar-refractivity contribution >= 4 is 23.3 Å². The van der Waals surface area contributed by atoms with Gasteiger partial charge in [-0.15, -0.1) is 0 Å². The van der Waals surface area contributed by atoms with Crippen LogP contribution in [0.1, 0.15) is 21.6 Å². The van der Waals surface area contributed by atoms with Crippen molar-refractivity contribution in [1.29, 1.82) is 0 Å². The molecule has 26 heavy (non-hydrogen) atoms. The number of nitrogens with zero attached hydrogens (tertiary/aromatic N) is 2. The third kappa shape index (κ3) is 5.29. The maximum absolute atomic E-state index is 12.1. The summed E-state index contributed by atoms with van der Waals surface area (Å²) >= 11 is 5.88. The topological polar surface area (TPSA) is 66.9 Å². The number of rotatable bonds is 7. The van der Waals surface area contributed by atoms with Gasteiger partial charge >= 0.3 is 0 Å². The lowest BCUT2D eigenvalue weighted by molar-refractivity contribution is 0.0950. The van der Waals surface area contributed by atoms with Gasteiger partial charge in [0.25, 0.3) is 5.91 Å². The van der Waals surface area contributed by atoms with Crippen molar-refractivity contribution < 1.29 is 4.79 Å². The second-order valence-corrected chi connectivity index (χ2v) is 6.18. The molecule has 0 radical (unpaired) electrons. The van der Waals surface area contributed by atoms with Crippen LogP contribution in [-0.4, -0.2) is 22.4 Å². The lowest BCUT2D eigenvalue weighted by atomic mass is 10.1. The average molecular weight is 367 g/mol. The van der Waals surface area contributed by atoms with Crippen molar-refractivity contribution in [3.05, 3.63) is 88.8 Å². The molecule has 0 bridgehead atoms. The number of carbonyl (C=O) groups excluding carboxylic acids is 1. The Hall–Kier alpha value is -2.92. The molecular formula is C20H19ClN4O. The van der Waals surface area contributed by atoms with Gasteiger partial charge in [0.1, 0.15) is 5.82 Å². The molecule has 132 valence electrons. The Morgan fingerprint density at radius 1 is 1.00 bits per heavy atom. The molecule has 3 rings (SSSR count). The number of pyridine rings is 2. The van der Waals surface area contributed by atoms with Gasteiger partial charge in [-0.25, -0.2) is 4.98 Å². The van der Waals surface area contributed by atoms with Gasteiger partial charge in [0.15, 0.2) is 0 Å². The Balaban J connectivity index is 1.46. The zero-order valence-electron chi connectivity index (χ0n) is 14.2. The normalized spacial score (nSPS) is 10.3. The highest BCUT2D eigenvalue weighted by atomic mass is 35.5. The molecule has 1 amide bonds. The number of hydrogen-bond acceptors (Lipinski definition) is 4. The predicted octanol–water partition coefficient (Wildman–Crippen LogP) is 3.71. The minimum absolute atomic E-state index is 0.170. The second kappa shape index (κ2) is 8.97. The molecule has 5 nitrogen and oxygen atoms in total. The van der Waals surface area contributed by atoms with Gasteiger partial charge < -0.3 is 10.6 Å². The first-order valence-corrected chi connectivity index (χ1v) is 8.71. The number of aromatic nitrogens is 2. The number of halogens is 1. The molecule has 2 aromatic heterocycles. The zero-order chi connectivity index (χ0) is 18.2. The number of carbonyl (C=O) groups is 1. The highest BCUT2D eigenvalue weighted by Gasteiger charge is 2.06. The minimum atomic E-state index is -0.170. The fourth-order valence-corrected chi connectivity index (χ4v) is 2.52. The Morgan fingerprint density at radius 3 is 2.54 bits per heavy atom. The van der Waals surface area contributed by atoms with Crippen molar-refractivity contribution in [1.82, 2.24) is 15.3 Å². The largest absolute Gasteiger partial charge is 0.370 e. The molecule has 3 aromatic rings. The van der Waals surface area contributed by atoms with Crippen molar-refractivity contribution in [3.63, 3.8) is 0 Å². The summed E-state index contributed by atoms with van der Waals surface area (Å²) in [4.78, 5) is 20.6. The van der Waals surface area contributed by atoms with Crippen LogP contribution in [-0.2, 0) is 13.0 Å². The number of benzene rings is 1. The Kier molecular flexibility index (Phi) is 6.17. The molecule has 0 fully saturated rings. The SMILES string of the molecule is O=C(NCc1ccccn1)c1ccc(NCCc2ccc(Cl)cc2)nc1. The average Bonchev–Trinajstić information content (AvgIpc) is 2.69. The van der Waals surface area contributed by atoms with Crippen molar-refractivity contribution in [3.8, 4) is 0 Å². The third-order valence-corrected chi connectivity index (χ3v) is 4.07. The molecule has 2 heterocycles. The molecule has 0 saturated carbocycles. The van der Waals surface area contributed by atoms with Gasteiger partial charge in [-0.05, 0) is 48.4 Å². The van der Waals surface area contributed by atoms with E-state index in [1.807, 2.05) is 42.5 Å². The summed E-state index contributed by atoms with van der Waals surface area (Å²) in [6.07, 6.45) is 4.14. The molecule has 0 aliphatic heterocycles. The smallest absolute Gasteiger partial charge is 0.253 e. The fourth-order valence-electron chi connectivity index (χ4n) is 2.39. The molecule has 0 aliphatic rings. The van der Waals surface area contributed by atoms with E-state index in [0.717, 1.165) is 29.5 Å². The number of anilines is 1. The Morgan fingerprint density at radius 2 is 1.85 bits per heavy atom. The van der Waals surface area contributed by atoms with E-state index in [-0.39, 0.29) is 5.91 Å². The molecule has 0 spiro atoms. The van der Waals surface area contributed by atoms with Crippen molar-refractivity contribution in [2.45, 2.75) is 13.0 Å². The summed E-state index contributed by atoms with van der Waals surface area (Å²) in [5.41, 5.74) is 2.53. The molecule has 1 aromatic carbocycles. The summed E-state index contributed by atoms with van der Waals surface area (Å²) < 4.78 is 0. The second-order valence-electron chi connectivity index (χ2n) is 5.74. The Bertz CT molecular complexity index is 836. The van der Waals surface area contributed by atoms with Crippen LogP contribution in [0.5, 0.6) is 0 Å². The van der Waals surface area contributed by atoms with Crippen LogP contribution >= 0.6 is 11.6 Å². The highest BCUT2D eigenvalue weighted by Crippen LogP contribution is 2.10. The van der Waals surface area contributed by atoms with Gasteiger partial charge in [-0.2, -0.15) is 0 Å². The number of hydrogen-bond donors (Lipinski definition) is 2. The molecular weight excluding hydrogens is 348 g/mol. The highest BCUT2D eigenvalue weighted by molar-refractivity contribution is 6.30. The standard InChI is InChI=1S/C20H19ClN4O/c21-17-7-4-15(5-8-17)10-12-23-19-9-6-16(13-24-19)20(26)25-14-18-3-1-2-11-22-18/h1-9,11,13H,10,12,14H2,(H,23,24)(H,25,26). The molecule has 6 heteroatoms. The van der Waals surface area contributed by atoms with Gasteiger partial charge in [0.2, 0.25) is 0 Å². The van der Waals surface area contributed by atoms with E-state index in [9.17, 15) is 4.79 Å². The lowest BCUT2D eigenvalue weighted by Gasteiger charge is -2.08. The van der Waals surface area contributed by atoms with Gasteiger partial charge in [-0.3, -0.25) is 9.78 Å². The van der Waals surface area contributed by atoms with Crippen LogP contribution in [0.4, 0.5) is 5.82 Å². The van der Waals surface area contributed by atoms with Crippen LogP contribution in [0.25, 0.3) is 0 Å². The predicted molar refractivity (Wildman–Crippen MR) is 103 cm³/mol. The fraction of sp³-hybridized carbons (Fsp3) is 0.150. The van der Waals surface area contributed by atoms with E-state index in [1.165, 1.54) is 5.56 Å². The van der Waals surface area contributed by atoms with Crippen LogP contribution in [0.2, 0.25) is 5.02 Å². The van der Waals surface area contributed by atoms with E-state index in [1.54, 1.807) is 24.5 Å². The minimum Gasteiger partial charge on any atom is -0.370 e. The summed E-state index contributed by atoms with van der Waals surface area (Å²) in [7, 11) is 0. The van der Waals surface area contributed by atoms with E-state index in [2.05, 4.69) is 20.6 Å². The molecule has 0 aliphatic carbocycles. The van der Waals surface area contributed by atoms with Crippen LogP contribution in [0.3, 0.4) is 0 Å². The first-order chi connectivity index (χ1) is 12.7. The van der Waals surface area contributed by atoms with E-state index < -0.39 is 0 Å². The van der Waals surface area contributed by atoms with Crippen LogP contribution in [0, 0.1) is 0 Å². The first kappa shape index (κ1) is 17.9. The van der Waals surface area contributed by atoms with E-state index in [0.29, 0.717) is 12.1 Å². The van der Waals surface area contributed by atoms with Gasteiger partial charge in [-0.1, -0.05) is 29.8 Å². The monoisotopic (exact) mass is 366 g/mol. The summed E-state index contributed by atoms with van der Waals surface area (Å²) in [6, 6.07) is 16.9. The molecule has 0 atom stereocenters. The number of nitrogens with one attached hydrogen (secondary N) is 2. The van der Waals surface area contributed by atoms with Crippen molar-refractivity contribution in [2.75, 3.05) is 11.9 Å². The van der Waals surface area contributed by atoms with Crippen LogP contribution in [0.15, 0.2) is 67.0 Å². The maximum atomic E-state index is 12.1. The molecule has 0 unspecified atom stereocenters. The quantitative estimate of drug-likeness (QED) is 0.668. The zero-order valence-corrected chi connectivity index (χ0v) is 14.9. The summed E-state index contributed by atoms with van der Waals surface area (Å²) in [6.45, 7) is 1.14. The third-order valence-electron chi connectivity index (χ3n) is 3.81. The first-order valence-electron chi connectivity index (χ1n) is 8.33. The maximum Gasteiger partial charge on any atom is 0.253 e. The number of amides is 1. The van der Waals surface area contributed by atoms with Gasteiger partial charge in [0, 0.05) is 24.0 Å². The van der Waals surface area contributed by atoms with E-state index >= 15 is 0 Å². The van der Waals surface area contributed by atoms with E-state index in [4.69, 9.17) is 11.6 Å². The molecule has 0 saturated heterocycles. The lowest BCUT2D eigenvalue weighted by Crippen LogP contribution is -2.23. The Labute approximate surface area is 157 Å². The van der Waals surface area contributed by atoms with Crippen molar-refractivity contribution in [2.24, 2.45) is 0 Å². The molecule has 2 N–H and O–H groups in total. The summed E-state index contributed by atoms with van der Waals surface area (Å²) in [5, 5.41) is 6.81.